The zero-order chi connectivity index (χ0) is 23.3. The molecule has 0 heterocycles. The Morgan fingerprint density at radius 1 is 0.906 bits per heavy atom. The molecular weight excluding hydrogens is 442 g/mol. The Bertz CT molecular complexity index is 1260. The third-order valence-corrected chi connectivity index (χ3v) is 5.61. The normalized spacial score (nSPS) is 11.0. The number of sulfonamides is 1. The maximum absolute atomic E-state index is 14.4. The lowest BCUT2D eigenvalue weighted by Crippen LogP contribution is -2.19. The molecule has 0 bridgehead atoms. The number of halogens is 2. The summed E-state index contributed by atoms with van der Waals surface area (Å²) in [4.78, 5) is 23.3. The minimum Gasteiger partial charge on any atom is -0.462 e. The third-order valence-electron chi connectivity index (χ3n) is 4.21. The topological polar surface area (TPSA) is 102 Å². The number of carbonyl (C=O) groups excluding carboxylic acids is 2. The lowest BCUT2D eigenvalue weighted by molar-refractivity contribution is 0.0526. The standard InChI is InChI=1S/C22H18F2N2O5S/c1-2-31-22(28)14-7-6-10-16(11-14)26-32(29,30)20-12-17(18(23)13-19(20)24)21(27)25-15-8-4-3-5-9-15/h3-13,26H,2H2,1H3,(H,25,27). The first-order valence-electron chi connectivity index (χ1n) is 9.36. The molecule has 1 amide bonds. The van der Waals surface area contributed by atoms with Gasteiger partial charge in [0.1, 0.15) is 16.5 Å². The lowest BCUT2D eigenvalue weighted by atomic mass is 10.2. The smallest absolute Gasteiger partial charge is 0.338 e. The summed E-state index contributed by atoms with van der Waals surface area (Å²) < 4.78 is 61.1. The SMILES string of the molecule is CCOC(=O)c1cccc(NS(=O)(=O)c2cc(C(=O)Nc3ccccc3)c(F)cc2F)c1. The number of carbonyl (C=O) groups is 2. The maximum atomic E-state index is 14.4. The summed E-state index contributed by atoms with van der Waals surface area (Å²) >= 11 is 0. The van der Waals surface area contributed by atoms with Crippen LogP contribution in [0.15, 0.2) is 71.6 Å². The van der Waals surface area contributed by atoms with Crippen molar-refractivity contribution in [3.05, 3.63) is 89.5 Å². The monoisotopic (exact) mass is 460 g/mol. The number of esters is 1. The highest BCUT2D eigenvalue weighted by Crippen LogP contribution is 2.24. The minimum atomic E-state index is -4.57. The predicted octanol–water partition coefficient (Wildman–Crippen LogP) is 4.19. The van der Waals surface area contributed by atoms with Gasteiger partial charge in [-0.2, -0.15) is 0 Å². The molecule has 0 spiro atoms. The van der Waals surface area contributed by atoms with Crippen molar-refractivity contribution in [2.45, 2.75) is 11.8 Å². The van der Waals surface area contributed by atoms with Crippen LogP contribution in [0.1, 0.15) is 27.6 Å². The van der Waals surface area contributed by atoms with Gasteiger partial charge >= 0.3 is 5.97 Å². The van der Waals surface area contributed by atoms with E-state index in [4.69, 9.17) is 4.74 Å². The highest BCUT2D eigenvalue weighted by molar-refractivity contribution is 7.92. The molecule has 0 aliphatic carbocycles. The largest absolute Gasteiger partial charge is 0.462 e. The van der Waals surface area contributed by atoms with Crippen LogP contribution < -0.4 is 10.0 Å². The van der Waals surface area contributed by atoms with Crippen molar-refractivity contribution in [2.75, 3.05) is 16.6 Å². The van der Waals surface area contributed by atoms with Gasteiger partial charge in [0.25, 0.3) is 15.9 Å². The van der Waals surface area contributed by atoms with E-state index in [2.05, 4.69) is 10.0 Å². The second-order valence-electron chi connectivity index (χ2n) is 6.49. The van der Waals surface area contributed by atoms with Gasteiger partial charge in [-0.3, -0.25) is 9.52 Å². The molecule has 3 rings (SSSR count). The van der Waals surface area contributed by atoms with Crippen LogP contribution in [0, 0.1) is 11.6 Å². The number of hydrogen-bond donors (Lipinski definition) is 2. The van der Waals surface area contributed by atoms with Crippen molar-refractivity contribution in [1.82, 2.24) is 0 Å². The Labute approximate surface area is 183 Å². The van der Waals surface area contributed by atoms with Crippen LogP contribution >= 0.6 is 0 Å². The summed E-state index contributed by atoms with van der Waals surface area (Å²) in [5.41, 5.74) is -0.278. The molecule has 0 aliphatic heterocycles. The number of benzene rings is 3. The van der Waals surface area contributed by atoms with E-state index in [1.807, 2.05) is 0 Å². The first-order valence-corrected chi connectivity index (χ1v) is 10.8. The number of anilines is 2. The molecule has 0 fully saturated rings. The Morgan fingerprint density at radius 3 is 2.28 bits per heavy atom. The van der Waals surface area contributed by atoms with Crippen molar-refractivity contribution in [2.24, 2.45) is 0 Å². The number of para-hydroxylation sites is 1. The van der Waals surface area contributed by atoms with Crippen LogP contribution in [0.2, 0.25) is 0 Å². The van der Waals surface area contributed by atoms with Crippen molar-refractivity contribution in [3.8, 4) is 0 Å². The molecular formula is C22H18F2N2O5S. The fourth-order valence-electron chi connectivity index (χ4n) is 2.76. The summed E-state index contributed by atoms with van der Waals surface area (Å²) in [6, 6.07) is 14.4. The number of amides is 1. The second-order valence-corrected chi connectivity index (χ2v) is 8.14. The van der Waals surface area contributed by atoms with Crippen molar-refractivity contribution >= 4 is 33.3 Å². The van der Waals surface area contributed by atoms with Crippen LogP contribution in [-0.2, 0) is 14.8 Å². The van der Waals surface area contributed by atoms with Gasteiger partial charge in [-0.1, -0.05) is 24.3 Å². The Morgan fingerprint density at radius 2 is 1.59 bits per heavy atom. The number of ether oxygens (including phenoxy) is 1. The molecule has 166 valence electrons. The molecule has 3 aromatic rings. The molecule has 0 radical (unpaired) electrons. The van der Waals surface area contributed by atoms with E-state index in [0.717, 1.165) is 0 Å². The molecule has 10 heteroatoms. The molecule has 3 aromatic carbocycles. The van der Waals surface area contributed by atoms with Gasteiger partial charge in [-0.05, 0) is 43.3 Å². The summed E-state index contributed by atoms with van der Waals surface area (Å²) in [5.74, 6) is -4.22. The Balaban J connectivity index is 1.91. The minimum absolute atomic E-state index is 0.0467. The van der Waals surface area contributed by atoms with Gasteiger partial charge in [-0.25, -0.2) is 22.0 Å². The highest BCUT2D eigenvalue weighted by atomic mass is 32.2. The van der Waals surface area contributed by atoms with Crippen molar-refractivity contribution in [3.63, 3.8) is 0 Å². The van der Waals surface area contributed by atoms with Crippen molar-refractivity contribution in [1.29, 1.82) is 0 Å². The van der Waals surface area contributed by atoms with E-state index >= 15 is 0 Å². The number of rotatable bonds is 7. The fourth-order valence-corrected chi connectivity index (χ4v) is 3.90. The molecule has 32 heavy (non-hydrogen) atoms. The van der Waals surface area contributed by atoms with E-state index in [-0.39, 0.29) is 17.9 Å². The summed E-state index contributed by atoms with van der Waals surface area (Å²) in [7, 11) is -4.57. The molecule has 0 saturated heterocycles. The first-order chi connectivity index (χ1) is 15.2. The predicted molar refractivity (Wildman–Crippen MR) is 114 cm³/mol. The quantitative estimate of drug-likeness (QED) is 0.515. The molecule has 0 unspecified atom stereocenters. The van der Waals surface area contributed by atoms with Crippen LogP contribution in [0.4, 0.5) is 20.2 Å². The van der Waals surface area contributed by atoms with Gasteiger partial charge in [0.05, 0.1) is 17.7 Å². The summed E-state index contributed by atoms with van der Waals surface area (Å²) in [5, 5.41) is 2.41. The molecule has 0 atom stereocenters. The van der Waals surface area contributed by atoms with Crippen molar-refractivity contribution < 1.29 is 31.5 Å². The van der Waals surface area contributed by atoms with Gasteiger partial charge in [0, 0.05) is 17.4 Å². The van der Waals surface area contributed by atoms with Gasteiger partial charge in [0.15, 0.2) is 0 Å². The summed E-state index contributed by atoms with van der Waals surface area (Å²) in [6.45, 7) is 1.75. The average Bonchev–Trinajstić information content (AvgIpc) is 2.74. The van der Waals surface area contributed by atoms with E-state index in [1.165, 1.54) is 24.3 Å². The molecule has 0 aromatic heterocycles. The fraction of sp³-hybridized carbons (Fsp3) is 0.0909. The van der Waals surface area contributed by atoms with Crippen LogP contribution in [0.3, 0.4) is 0 Å². The maximum Gasteiger partial charge on any atom is 0.338 e. The Kier molecular flexibility index (Phi) is 6.84. The number of nitrogens with one attached hydrogen (secondary N) is 2. The van der Waals surface area contributed by atoms with Gasteiger partial charge in [0.2, 0.25) is 0 Å². The van der Waals surface area contributed by atoms with E-state index < -0.39 is 44.0 Å². The van der Waals surface area contributed by atoms with Crippen LogP contribution in [0.5, 0.6) is 0 Å². The van der Waals surface area contributed by atoms with E-state index in [1.54, 1.807) is 37.3 Å². The van der Waals surface area contributed by atoms with E-state index in [0.29, 0.717) is 17.8 Å². The summed E-state index contributed by atoms with van der Waals surface area (Å²) in [6.07, 6.45) is 0. The van der Waals surface area contributed by atoms with Crippen LogP contribution in [0.25, 0.3) is 0 Å². The molecule has 7 nitrogen and oxygen atoms in total. The highest BCUT2D eigenvalue weighted by Gasteiger charge is 2.25. The Hall–Kier alpha value is -3.79. The third kappa shape index (κ3) is 5.27. The van der Waals surface area contributed by atoms with Gasteiger partial charge in [-0.15, -0.1) is 0 Å². The van der Waals surface area contributed by atoms with Gasteiger partial charge < -0.3 is 10.1 Å². The first kappa shape index (κ1) is 22.9. The average molecular weight is 460 g/mol. The zero-order valence-electron chi connectivity index (χ0n) is 16.8. The molecule has 2 N–H and O–H groups in total. The van der Waals surface area contributed by atoms with Crippen LogP contribution in [-0.4, -0.2) is 26.9 Å². The molecule has 0 saturated carbocycles. The molecule has 0 aliphatic rings. The zero-order valence-corrected chi connectivity index (χ0v) is 17.6. The van der Waals surface area contributed by atoms with E-state index in [9.17, 15) is 26.8 Å². The lowest BCUT2D eigenvalue weighted by Gasteiger charge is -2.12. The second kappa shape index (κ2) is 9.56. The number of hydrogen-bond acceptors (Lipinski definition) is 5.